The smallest absolute Gasteiger partial charge is 0.0247 e. The van der Waals surface area contributed by atoms with Gasteiger partial charge in [0.15, 0.2) is 0 Å². The summed E-state index contributed by atoms with van der Waals surface area (Å²) in [6.45, 7) is 15.3. The van der Waals surface area contributed by atoms with Crippen molar-refractivity contribution in [3.05, 3.63) is 0 Å². The van der Waals surface area contributed by atoms with Crippen LogP contribution in [-0.2, 0) is 0 Å². The van der Waals surface area contributed by atoms with E-state index >= 15 is 0 Å². The molecule has 0 bridgehead atoms. The quantitative estimate of drug-likeness (QED) is 0.663. The zero-order valence-electron chi connectivity index (χ0n) is 15.1. The van der Waals surface area contributed by atoms with Crippen LogP contribution in [0.3, 0.4) is 0 Å². The Labute approximate surface area is 132 Å². The number of nitrogens with one attached hydrogen (secondary N) is 1. The predicted octanol–water partition coefficient (Wildman–Crippen LogP) is 1.72. The van der Waals surface area contributed by atoms with Gasteiger partial charge < -0.3 is 10.2 Å². The highest BCUT2D eigenvalue weighted by Crippen LogP contribution is 2.16. The van der Waals surface area contributed by atoms with E-state index < -0.39 is 0 Å². The molecule has 0 aromatic heterocycles. The molecule has 1 heterocycles. The second-order valence-corrected chi connectivity index (χ2v) is 6.61. The fraction of sp³-hybridized carbons (Fsp3) is 1.00. The van der Waals surface area contributed by atoms with E-state index in [0.29, 0.717) is 12.1 Å². The summed E-state index contributed by atoms with van der Waals surface area (Å²) >= 11 is 0. The first kappa shape index (κ1) is 18.9. The average Bonchev–Trinajstić information content (AvgIpc) is 2.47. The fourth-order valence-electron chi connectivity index (χ4n) is 3.46. The van der Waals surface area contributed by atoms with Gasteiger partial charge >= 0.3 is 0 Å². The van der Waals surface area contributed by atoms with Crippen molar-refractivity contribution < 1.29 is 0 Å². The highest BCUT2D eigenvalue weighted by atomic mass is 15.3. The second kappa shape index (κ2) is 10.5. The van der Waals surface area contributed by atoms with Crippen molar-refractivity contribution in [1.29, 1.82) is 0 Å². The molecule has 21 heavy (non-hydrogen) atoms. The Balaban J connectivity index is 2.44. The highest BCUT2D eigenvalue weighted by Gasteiger charge is 2.27. The largest absolute Gasteiger partial charge is 0.313 e. The van der Waals surface area contributed by atoms with Crippen molar-refractivity contribution in [2.24, 2.45) is 0 Å². The number of likely N-dealkylation sites (N-methyl/N-ethyl adjacent to an activating group) is 2. The predicted molar refractivity (Wildman–Crippen MR) is 93.0 cm³/mol. The molecule has 1 aliphatic rings. The molecule has 2 unspecified atom stereocenters. The van der Waals surface area contributed by atoms with Crippen LogP contribution in [0.15, 0.2) is 0 Å². The van der Waals surface area contributed by atoms with Crippen molar-refractivity contribution in [2.45, 2.75) is 52.1 Å². The van der Waals surface area contributed by atoms with Gasteiger partial charge in [0.1, 0.15) is 0 Å². The molecule has 0 spiro atoms. The Morgan fingerprint density at radius 2 is 1.71 bits per heavy atom. The molecule has 0 aliphatic carbocycles. The minimum Gasteiger partial charge on any atom is -0.313 e. The van der Waals surface area contributed by atoms with E-state index in [4.69, 9.17) is 0 Å². The van der Waals surface area contributed by atoms with Crippen LogP contribution in [0.25, 0.3) is 0 Å². The van der Waals surface area contributed by atoms with Gasteiger partial charge in [-0.2, -0.15) is 0 Å². The first-order valence-electron chi connectivity index (χ1n) is 8.96. The molecule has 1 saturated heterocycles. The molecule has 1 fully saturated rings. The van der Waals surface area contributed by atoms with Crippen LogP contribution in [0.2, 0.25) is 0 Å². The van der Waals surface area contributed by atoms with E-state index in [0.717, 1.165) is 6.54 Å². The molecule has 4 nitrogen and oxygen atoms in total. The summed E-state index contributed by atoms with van der Waals surface area (Å²) < 4.78 is 0. The van der Waals surface area contributed by atoms with Gasteiger partial charge in [-0.1, -0.05) is 27.2 Å². The number of nitrogens with zero attached hydrogens (tertiary/aromatic N) is 3. The number of rotatable bonds is 10. The van der Waals surface area contributed by atoms with Gasteiger partial charge in [-0.15, -0.1) is 0 Å². The second-order valence-electron chi connectivity index (χ2n) is 6.61. The Morgan fingerprint density at radius 1 is 1.05 bits per heavy atom. The van der Waals surface area contributed by atoms with E-state index in [1.54, 1.807) is 0 Å². The molecule has 0 saturated carbocycles. The van der Waals surface area contributed by atoms with Crippen LogP contribution in [0, 0.1) is 0 Å². The van der Waals surface area contributed by atoms with Gasteiger partial charge in [-0.25, -0.2) is 0 Å². The van der Waals surface area contributed by atoms with Gasteiger partial charge in [0.2, 0.25) is 0 Å². The summed E-state index contributed by atoms with van der Waals surface area (Å²) in [6.07, 6.45) is 3.83. The van der Waals surface area contributed by atoms with Crippen molar-refractivity contribution in [3.63, 3.8) is 0 Å². The molecule has 1 rings (SSSR count). The molecule has 2 atom stereocenters. The van der Waals surface area contributed by atoms with Gasteiger partial charge in [-0.05, 0) is 33.5 Å². The normalized spacial score (nSPS) is 20.9. The first-order chi connectivity index (χ1) is 10.1. The maximum atomic E-state index is 3.72. The molecule has 4 heteroatoms. The number of piperazine rings is 1. The third-order valence-corrected chi connectivity index (χ3v) is 4.69. The Bertz CT molecular complexity index is 243. The lowest BCUT2D eigenvalue weighted by Crippen LogP contribution is -2.56. The maximum absolute atomic E-state index is 3.72. The van der Waals surface area contributed by atoms with E-state index in [2.05, 4.69) is 54.9 Å². The van der Waals surface area contributed by atoms with E-state index in [1.807, 2.05) is 0 Å². The Morgan fingerprint density at radius 3 is 2.19 bits per heavy atom. The lowest BCUT2D eigenvalue weighted by molar-refractivity contribution is 0.0714. The van der Waals surface area contributed by atoms with Crippen molar-refractivity contribution in [3.8, 4) is 0 Å². The minimum absolute atomic E-state index is 0.665. The van der Waals surface area contributed by atoms with Gasteiger partial charge in [0.25, 0.3) is 0 Å². The molecule has 1 aliphatic heterocycles. The summed E-state index contributed by atoms with van der Waals surface area (Å²) in [4.78, 5) is 7.63. The highest BCUT2D eigenvalue weighted by molar-refractivity contribution is 4.86. The third-order valence-electron chi connectivity index (χ3n) is 4.69. The van der Waals surface area contributed by atoms with Crippen molar-refractivity contribution >= 4 is 0 Å². The molecule has 0 amide bonds. The monoisotopic (exact) mass is 298 g/mol. The van der Waals surface area contributed by atoms with E-state index in [1.165, 1.54) is 58.5 Å². The van der Waals surface area contributed by atoms with Gasteiger partial charge in [0, 0.05) is 51.4 Å². The minimum atomic E-state index is 0.665. The summed E-state index contributed by atoms with van der Waals surface area (Å²) in [5.41, 5.74) is 0. The van der Waals surface area contributed by atoms with Crippen LogP contribution in [0.5, 0.6) is 0 Å². The standard InChI is InChI=1S/C17H38N4/c1-6-9-16(18-8-3)17(7-2)21-14-12-20(13-15-21)11-10-19(4)5/h16-18H,6-15H2,1-5H3. The van der Waals surface area contributed by atoms with Gasteiger partial charge in [0.05, 0.1) is 0 Å². The lowest BCUT2D eigenvalue weighted by Gasteiger charge is -2.42. The van der Waals surface area contributed by atoms with Gasteiger partial charge in [-0.3, -0.25) is 9.80 Å². The molecule has 0 radical (unpaired) electrons. The average molecular weight is 299 g/mol. The van der Waals surface area contributed by atoms with E-state index in [9.17, 15) is 0 Å². The summed E-state index contributed by atoms with van der Waals surface area (Å²) in [6, 6.07) is 1.37. The first-order valence-corrected chi connectivity index (χ1v) is 8.96. The Hall–Kier alpha value is -0.160. The van der Waals surface area contributed by atoms with Crippen LogP contribution in [0.1, 0.15) is 40.0 Å². The van der Waals surface area contributed by atoms with Crippen molar-refractivity contribution in [2.75, 3.05) is 59.9 Å². The topological polar surface area (TPSA) is 21.8 Å². The lowest BCUT2D eigenvalue weighted by atomic mass is 9.98. The molecular formula is C17H38N4. The van der Waals surface area contributed by atoms with E-state index in [-0.39, 0.29) is 0 Å². The number of hydrogen-bond donors (Lipinski definition) is 1. The number of hydrogen-bond acceptors (Lipinski definition) is 4. The van der Waals surface area contributed by atoms with Crippen LogP contribution < -0.4 is 5.32 Å². The molecular weight excluding hydrogens is 260 g/mol. The zero-order valence-corrected chi connectivity index (χ0v) is 15.1. The fourth-order valence-corrected chi connectivity index (χ4v) is 3.46. The zero-order chi connectivity index (χ0) is 15.7. The van der Waals surface area contributed by atoms with Crippen LogP contribution >= 0.6 is 0 Å². The molecule has 0 aromatic rings. The summed E-state index contributed by atoms with van der Waals surface area (Å²) in [7, 11) is 4.32. The SMILES string of the molecule is CCCC(NCC)C(CC)N1CCN(CCN(C)C)CC1. The molecule has 126 valence electrons. The molecule has 1 N–H and O–H groups in total. The van der Waals surface area contributed by atoms with Crippen LogP contribution in [-0.4, -0.2) is 86.7 Å². The summed E-state index contributed by atoms with van der Waals surface area (Å²) in [5.74, 6) is 0. The Kier molecular flexibility index (Phi) is 9.49. The van der Waals surface area contributed by atoms with Crippen molar-refractivity contribution in [1.82, 2.24) is 20.0 Å². The molecule has 0 aromatic carbocycles. The maximum Gasteiger partial charge on any atom is 0.0247 e. The third kappa shape index (κ3) is 6.64. The summed E-state index contributed by atoms with van der Waals surface area (Å²) in [5, 5.41) is 3.72. The van der Waals surface area contributed by atoms with Crippen LogP contribution in [0.4, 0.5) is 0 Å².